The molecule has 0 radical (unpaired) electrons. The van der Waals surface area contributed by atoms with Crippen molar-refractivity contribution in [3.05, 3.63) is 12.2 Å². The van der Waals surface area contributed by atoms with E-state index in [4.69, 9.17) is 5.73 Å². The fourth-order valence-corrected chi connectivity index (χ4v) is 3.15. The fraction of sp³-hybridized carbons (Fsp3) is 0.857. The third-order valence-corrected chi connectivity index (χ3v) is 6.18. The molecule has 0 heterocycles. The number of rotatable bonds is 17. The second-order valence-corrected chi connectivity index (χ2v) is 9.97. The van der Waals surface area contributed by atoms with Crippen molar-refractivity contribution in [1.29, 1.82) is 0 Å². The van der Waals surface area contributed by atoms with Gasteiger partial charge in [0.15, 0.2) is 0 Å². The molecule has 0 aliphatic heterocycles. The Morgan fingerprint density at radius 2 is 1.29 bits per heavy atom. The summed E-state index contributed by atoms with van der Waals surface area (Å²) in [6.45, 7) is 4.85. The van der Waals surface area contributed by atoms with Gasteiger partial charge in [0.05, 0.1) is 0 Å². The topological polar surface area (TPSA) is 86.5 Å². The van der Waals surface area contributed by atoms with Crippen molar-refractivity contribution in [2.24, 2.45) is 5.73 Å². The van der Waals surface area contributed by atoms with Crippen molar-refractivity contribution in [2.75, 3.05) is 0 Å². The average molecular weight is 428 g/mol. The quantitative estimate of drug-likeness (QED) is 0.154. The van der Waals surface area contributed by atoms with Gasteiger partial charge in [-0.2, -0.15) is 8.42 Å². The zero-order valence-electron chi connectivity index (χ0n) is 17.7. The zero-order chi connectivity index (χ0) is 20.6. The number of hydrogen-bond donors (Lipinski definition) is 1. The Morgan fingerprint density at radius 1 is 0.857 bits per heavy atom. The Kier molecular flexibility index (Phi) is 19.4. The first-order chi connectivity index (χ1) is 12.7. The number of unbranched alkanes of at least 4 members (excludes halogenated alkanes) is 11. The molecule has 0 rings (SSSR count). The Bertz CT molecular complexity index is 513. The van der Waals surface area contributed by atoms with Crippen molar-refractivity contribution in [1.82, 2.24) is 0 Å². The van der Waals surface area contributed by atoms with Gasteiger partial charge in [-0.15, -0.1) is 0 Å². The molecular weight excluding hydrogens is 385 g/mol. The molecule has 0 aromatic heterocycles. The van der Waals surface area contributed by atoms with Crippen molar-refractivity contribution in [3.63, 3.8) is 0 Å². The second-order valence-electron chi connectivity index (χ2n) is 7.85. The summed E-state index contributed by atoms with van der Waals surface area (Å²) in [6, 6.07) is 0. The summed E-state index contributed by atoms with van der Waals surface area (Å²) in [5, 5.41) is 0. The molecule has 0 unspecified atom stereocenters. The van der Waals surface area contributed by atoms with E-state index in [1.165, 1.54) is 58.8 Å². The summed E-state index contributed by atoms with van der Waals surface area (Å²) >= 11 is 0. The normalized spacial score (nSPS) is 12.1. The summed E-state index contributed by atoms with van der Waals surface area (Å²) in [7, 11) is -4.05. The van der Waals surface area contributed by atoms with Gasteiger partial charge in [0.25, 0.3) is 0 Å². The van der Waals surface area contributed by atoms with Crippen LogP contribution in [0.1, 0.15) is 111 Å². The van der Waals surface area contributed by atoms with Gasteiger partial charge in [-0.25, -0.2) is 0 Å². The van der Waals surface area contributed by atoms with Gasteiger partial charge >= 0.3 is 45.6 Å². The van der Waals surface area contributed by atoms with Gasteiger partial charge in [0, 0.05) is 6.42 Å². The maximum absolute atomic E-state index is 11.6. The Labute approximate surface area is 195 Å². The van der Waals surface area contributed by atoms with Crippen LogP contribution in [0.2, 0.25) is 0 Å². The van der Waals surface area contributed by atoms with Gasteiger partial charge in [0.1, 0.15) is 4.87 Å². The van der Waals surface area contributed by atoms with Crippen LogP contribution in [0.3, 0.4) is 0 Å². The van der Waals surface area contributed by atoms with Crippen LogP contribution in [-0.4, -0.2) is 48.8 Å². The molecule has 162 valence electrons. The Morgan fingerprint density at radius 3 is 1.75 bits per heavy atom. The van der Waals surface area contributed by atoms with Crippen LogP contribution in [0.5, 0.6) is 0 Å². The molecule has 0 saturated carbocycles. The van der Waals surface area contributed by atoms with E-state index in [0.29, 0.717) is 6.42 Å². The van der Waals surface area contributed by atoms with Gasteiger partial charge in [-0.05, 0) is 46.0 Å². The summed E-state index contributed by atoms with van der Waals surface area (Å²) in [5.41, 5.74) is 5.48. The van der Waals surface area contributed by atoms with Crippen LogP contribution in [0, 0.1) is 0 Å². The number of allylic oxidation sites excluding steroid dienone is 2. The van der Waals surface area contributed by atoms with E-state index in [9.17, 15) is 13.2 Å². The number of carbonyl (C=O) groups excluding carboxylic acids is 1. The van der Waals surface area contributed by atoms with E-state index >= 15 is 0 Å². The van der Waals surface area contributed by atoms with Crippen molar-refractivity contribution in [3.8, 4) is 0 Å². The number of carbonyl (C=O) groups is 1. The van der Waals surface area contributed by atoms with Crippen LogP contribution >= 0.6 is 0 Å². The molecule has 2 N–H and O–H groups in total. The molecule has 7 heteroatoms. The predicted molar refractivity (Wildman–Crippen MR) is 120 cm³/mol. The van der Waals surface area contributed by atoms with Gasteiger partial charge in [-0.1, -0.05) is 70.4 Å². The van der Waals surface area contributed by atoms with Crippen molar-refractivity contribution in [2.45, 2.75) is 116 Å². The number of nitrogens with two attached hydrogens (primary N) is 1. The Hall–Kier alpha value is 0.120. The fourth-order valence-electron chi connectivity index (χ4n) is 2.61. The molecule has 0 bridgehead atoms. The van der Waals surface area contributed by atoms with Crippen molar-refractivity contribution >= 4 is 45.6 Å². The standard InChI is InChI=1S/C21H41NO4S.Na.H/c1-4-5-6-7-8-9-10-11-12-13-14-15-16-17-18-19-20(23)26-27(24,25)21(2,3)22;;/h11-12H,4-10,13-19,22H2,1-3H3;;/b12-11-;;. The molecule has 0 aromatic rings. The van der Waals surface area contributed by atoms with E-state index in [1.807, 2.05) is 0 Å². The summed E-state index contributed by atoms with van der Waals surface area (Å²) in [5.74, 6) is -0.717. The molecule has 28 heavy (non-hydrogen) atoms. The van der Waals surface area contributed by atoms with Crippen LogP contribution in [-0.2, 0) is 19.1 Å². The monoisotopic (exact) mass is 427 g/mol. The Balaban J connectivity index is 0. The van der Waals surface area contributed by atoms with E-state index in [-0.39, 0.29) is 36.0 Å². The first-order valence-corrected chi connectivity index (χ1v) is 12.0. The summed E-state index contributed by atoms with van der Waals surface area (Å²) in [4.78, 5) is 10.0. The SMILES string of the molecule is CCCCCCCC/C=C\CCCCCCCC(=O)OS(=O)(=O)C(C)(C)N.[NaH]. The average Bonchev–Trinajstić information content (AvgIpc) is 2.57. The molecule has 0 aliphatic carbocycles. The molecule has 0 spiro atoms. The van der Waals surface area contributed by atoms with E-state index in [1.54, 1.807) is 0 Å². The molecule has 0 aliphatic rings. The molecule has 0 atom stereocenters. The van der Waals surface area contributed by atoms with Crippen molar-refractivity contribution < 1.29 is 17.4 Å². The molecule has 0 saturated heterocycles. The maximum atomic E-state index is 11.6. The van der Waals surface area contributed by atoms with Crippen LogP contribution < -0.4 is 5.73 Å². The van der Waals surface area contributed by atoms with E-state index in [2.05, 4.69) is 23.3 Å². The van der Waals surface area contributed by atoms with Crippen LogP contribution in [0.25, 0.3) is 0 Å². The van der Waals surface area contributed by atoms with E-state index < -0.39 is 21.0 Å². The first kappa shape index (κ1) is 30.3. The minimum absolute atomic E-state index is 0. The summed E-state index contributed by atoms with van der Waals surface area (Å²) in [6.07, 6.45) is 19.9. The second kappa shape index (κ2) is 17.9. The third-order valence-electron chi connectivity index (χ3n) is 4.49. The molecule has 0 fully saturated rings. The van der Waals surface area contributed by atoms with E-state index in [0.717, 1.165) is 32.1 Å². The summed E-state index contributed by atoms with van der Waals surface area (Å²) < 4.78 is 27.8. The predicted octanol–water partition coefficient (Wildman–Crippen LogP) is 4.94. The van der Waals surface area contributed by atoms with Gasteiger partial charge in [0.2, 0.25) is 0 Å². The molecular formula is C21H42NNaO4S. The molecule has 5 nitrogen and oxygen atoms in total. The molecule has 0 amide bonds. The van der Waals surface area contributed by atoms with Crippen LogP contribution in [0.15, 0.2) is 12.2 Å². The third kappa shape index (κ3) is 17.0. The minimum atomic E-state index is -4.05. The first-order valence-electron chi connectivity index (χ1n) is 10.6. The molecule has 0 aromatic carbocycles. The van der Waals surface area contributed by atoms with Crippen LogP contribution in [0.4, 0.5) is 0 Å². The number of hydrogen-bond acceptors (Lipinski definition) is 5. The van der Waals surface area contributed by atoms with Gasteiger partial charge < -0.3 is 9.92 Å². The van der Waals surface area contributed by atoms with Gasteiger partial charge in [-0.3, -0.25) is 4.79 Å². The zero-order valence-corrected chi connectivity index (χ0v) is 18.5.